The minimum atomic E-state index is -0.659. The summed E-state index contributed by atoms with van der Waals surface area (Å²) < 4.78 is 11.5. The number of aromatic nitrogens is 1. The van der Waals surface area contributed by atoms with Gasteiger partial charge < -0.3 is 20.1 Å². The van der Waals surface area contributed by atoms with Crippen LogP contribution < -0.4 is 15.4 Å². The van der Waals surface area contributed by atoms with Crippen molar-refractivity contribution >= 4 is 35.2 Å². The van der Waals surface area contributed by atoms with Crippen molar-refractivity contribution in [3.63, 3.8) is 0 Å². The normalized spacial score (nSPS) is 13.7. The van der Waals surface area contributed by atoms with E-state index in [1.54, 1.807) is 63.5 Å². The van der Waals surface area contributed by atoms with Gasteiger partial charge in [-0.05, 0) is 70.4 Å². The zero-order valence-corrected chi connectivity index (χ0v) is 23.1. The van der Waals surface area contributed by atoms with E-state index >= 15 is 0 Å². The van der Waals surface area contributed by atoms with Crippen LogP contribution in [0.4, 0.5) is 10.5 Å². The van der Waals surface area contributed by atoms with Gasteiger partial charge in [-0.3, -0.25) is 19.5 Å². The molecule has 1 aliphatic rings. The van der Waals surface area contributed by atoms with Gasteiger partial charge in [0.25, 0.3) is 5.91 Å². The Kier molecular flexibility index (Phi) is 10.4. The van der Waals surface area contributed by atoms with E-state index in [1.165, 1.54) is 4.90 Å². The van der Waals surface area contributed by atoms with E-state index in [4.69, 9.17) is 26.8 Å². The van der Waals surface area contributed by atoms with Gasteiger partial charge in [-0.15, -0.1) is 0 Å². The third-order valence-electron chi connectivity index (χ3n) is 6.14. The number of pyridine rings is 1. The van der Waals surface area contributed by atoms with E-state index in [9.17, 15) is 14.4 Å². The van der Waals surface area contributed by atoms with E-state index < -0.39 is 11.7 Å². The van der Waals surface area contributed by atoms with Crippen molar-refractivity contribution in [1.29, 1.82) is 0 Å². The van der Waals surface area contributed by atoms with Crippen molar-refractivity contribution in [3.05, 3.63) is 53.3 Å². The van der Waals surface area contributed by atoms with Gasteiger partial charge in [-0.25, -0.2) is 4.79 Å². The fourth-order valence-electron chi connectivity index (χ4n) is 4.45. The number of nitrogens with zero attached hydrogens (tertiary/aromatic N) is 3. The summed E-state index contributed by atoms with van der Waals surface area (Å²) in [5.74, 6) is -0.112. The third kappa shape index (κ3) is 8.90. The molecule has 0 saturated heterocycles. The van der Waals surface area contributed by atoms with Crippen LogP contribution in [-0.2, 0) is 9.53 Å². The summed E-state index contributed by atoms with van der Waals surface area (Å²) in [6.07, 6.45) is 7.44. The molecular weight excluding hydrogens is 508 g/mol. The van der Waals surface area contributed by atoms with Crippen LogP contribution >= 0.6 is 11.6 Å². The Balaban J connectivity index is 1.71. The predicted octanol–water partition coefficient (Wildman–Crippen LogP) is 5.21. The largest absolute Gasteiger partial charge is 0.492 e. The quantitative estimate of drug-likeness (QED) is 0.415. The second-order valence-corrected chi connectivity index (χ2v) is 10.8. The molecule has 2 N–H and O–H groups in total. The number of benzene rings is 1. The average molecular weight is 545 g/mol. The minimum absolute atomic E-state index is 0.126. The smallest absolute Gasteiger partial charge is 0.414 e. The van der Waals surface area contributed by atoms with Crippen LogP contribution in [0, 0.1) is 0 Å². The molecule has 1 aromatic carbocycles. The molecule has 0 atom stereocenters. The SMILES string of the molecule is CC(C)(C)OC(=O)N(CCOc1cc(Cl)cc(C(=O)N(CCCC(N)=O)C2CCCC2)c1)c1ccncc1. The number of rotatable bonds is 11. The lowest BCUT2D eigenvalue weighted by Crippen LogP contribution is -2.40. The van der Waals surface area contributed by atoms with Crippen LogP contribution in [0.25, 0.3) is 0 Å². The van der Waals surface area contributed by atoms with Crippen molar-refractivity contribution in [3.8, 4) is 5.75 Å². The van der Waals surface area contributed by atoms with Gasteiger partial charge in [0.2, 0.25) is 5.91 Å². The number of carbonyl (C=O) groups is 3. The molecule has 1 aromatic heterocycles. The summed E-state index contributed by atoms with van der Waals surface area (Å²) in [5.41, 5.74) is 5.68. The molecule has 38 heavy (non-hydrogen) atoms. The molecule has 3 amide bonds. The standard InChI is InChI=1S/C28H37ClN4O5/c1-28(2,3)38-27(36)33(23-10-12-31-13-11-23)15-16-37-24-18-20(17-21(29)19-24)26(35)32(14-6-9-25(30)34)22-7-4-5-8-22/h10-13,17-19,22H,4-9,14-16H2,1-3H3,(H2,30,34). The van der Waals surface area contributed by atoms with Crippen molar-refractivity contribution in [2.24, 2.45) is 5.73 Å². The first-order valence-corrected chi connectivity index (χ1v) is 13.3. The predicted molar refractivity (Wildman–Crippen MR) is 146 cm³/mol. The summed E-state index contributed by atoms with van der Waals surface area (Å²) in [4.78, 5) is 44.9. The van der Waals surface area contributed by atoms with Gasteiger partial charge in [0.1, 0.15) is 18.0 Å². The summed E-state index contributed by atoms with van der Waals surface area (Å²) in [6, 6.07) is 8.48. The number of halogens is 1. The summed E-state index contributed by atoms with van der Waals surface area (Å²) in [5, 5.41) is 0.368. The average Bonchev–Trinajstić information content (AvgIpc) is 3.37. The van der Waals surface area contributed by atoms with E-state index in [1.807, 2.05) is 4.90 Å². The topological polar surface area (TPSA) is 115 Å². The molecule has 0 spiro atoms. The molecular formula is C28H37ClN4O5. The number of hydrogen-bond acceptors (Lipinski definition) is 6. The van der Waals surface area contributed by atoms with Gasteiger partial charge >= 0.3 is 6.09 Å². The Morgan fingerprint density at radius 2 is 1.76 bits per heavy atom. The second kappa shape index (κ2) is 13.5. The Morgan fingerprint density at radius 3 is 2.39 bits per heavy atom. The summed E-state index contributed by atoms with van der Waals surface area (Å²) in [7, 11) is 0. The maximum absolute atomic E-state index is 13.5. The highest BCUT2D eigenvalue weighted by atomic mass is 35.5. The van der Waals surface area contributed by atoms with Crippen molar-refractivity contribution in [2.75, 3.05) is 24.6 Å². The molecule has 0 bridgehead atoms. The molecule has 3 rings (SSSR count). The summed E-state index contributed by atoms with van der Waals surface area (Å²) in [6.45, 7) is 6.21. The van der Waals surface area contributed by atoms with Gasteiger partial charge in [0, 0.05) is 42.0 Å². The number of ether oxygens (including phenoxy) is 2. The molecule has 1 aliphatic carbocycles. The van der Waals surface area contributed by atoms with E-state index in [2.05, 4.69) is 4.98 Å². The van der Waals surface area contributed by atoms with Crippen LogP contribution in [0.1, 0.15) is 69.7 Å². The lowest BCUT2D eigenvalue weighted by Gasteiger charge is -2.29. The van der Waals surface area contributed by atoms with Crippen LogP contribution in [0.3, 0.4) is 0 Å². The Morgan fingerprint density at radius 1 is 1.08 bits per heavy atom. The zero-order valence-electron chi connectivity index (χ0n) is 22.3. The molecule has 9 nitrogen and oxygen atoms in total. The first-order chi connectivity index (χ1) is 18.0. The van der Waals surface area contributed by atoms with E-state index in [0.717, 1.165) is 25.7 Å². The number of carbonyl (C=O) groups excluding carboxylic acids is 3. The number of primary amides is 1. The Labute approximate surface area is 229 Å². The molecule has 2 aromatic rings. The van der Waals surface area contributed by atoms with Crippen molar-refractivity contribution in [2.45, 2.75) is 70.9 Å². The van der Waals surface area contributed by atoms with Gasteiger partial charge in [0.15, 0.2) is 0 Å². The third-order valence-corrected chi connectivity index (χ3v) is 6.36. The number of amides is 3. The fraction of sp³-hybridized carbons (Fsp3) is 0.500. The fourth-order valence-corrected chi connectivity index (χ4v) is 4.67. The van der Waals surface area contributed by atoms with E-state index in [0.29, 0.717) is 35.0 Å². The molecule has 0 radical (unpaired) electrons. The number of anilines is 1. The first kappa shape index (κ1) is 29.2. The molecule has 1 fully saturated rings. The minimum Gasteiger partial charge on any atom is -0.492 e. The van der Waals surface area contributed by atoms with Gasteiger partial charge in [-0.2, -0.15) is 0 Å². The Bertz CT molecular complexity index is 1100. The molecule has 0 aliphatic heterocycles. The van der Waals surface area contributed by atoms with Crippen LogP contribution in [0.15, 0.2) is 42.7 Å². The van der Waals surface area contributed by atoms with Gasteiger partial charge in [-0.1, -0.05) is 24.4 Å². The number of hydrogen-bond donors (Lipinski definition) is 1. The second-order valence-electron chi connectivity index (χ2n) is 10.4. The molecule has 10 heteroatoms. The molecule has 1 saturated carbocycles. The van der Waals surface area contributed by atoms with E-state index in [-0.39, 0.29) is 37.4 Å². The molecule has 0 unspecified atom stereocenters. The highest BCUT2D eigenvalue weighted by Crippen LogP contribution is 2.28. The maximum Gasteiger partial charge on any atom is 0.414 e. The summed E-state index contributed by atoms with van der Waals surface area (Å²) >= 11 is 6.36. The Hall–Kier alpha value is -3.33. The van der Waals surface area contributed by atoms with Crippen molar-refractivity contribution < 1.29 is 23.9 Å². The first-order valence-electron chi connectivity index (χ1n) is 13.0. The van der Waals surface area contributed by atoms with Crippen LogP contribution in [0.5, 0.6) is 5.75 Å². The highest BCUT2D eigenvalue weighted by Gasteiger charge is 2.28. The lowest BCUT2D eigenvalue weighted by molar-refractivity contribution is -0.118. The zero-order chi connectivity index (χ0) is 27.7. The van der Waals surface area contributed by atoms with Gasteiger partial charge in [0.05, 0.1) is 12.2 Å². The molecule has 206 valence electrons. The number of nitrogens with two attached hydrogens (primary N) is 1. The van der Waals surface area contributed by atoms with Crippen LogP contribution in [-0.4, -0.2) is 59.1 Å². The lowest BCUT2D eigenvalue weighted by atomic mass is 10.1. The van der Waals surface area contributed by atoms with Crippen molar-refractivity contribution in [1.82, 2.24) is 9.88 Å². The maximum atomic E-state index is 13.5. The monoisotopic (exact) mass is 544 g/mol. The van der Waals surface area contributed by atoms with Crippen LogP contribution in [0.2, 0.25) is 5.02 Å². The highest BCUT2D eigenvalue weighted by molar-refractivity contribution is 6.31. The molecule has 1 heterocycles.